The normalized spacial score (nSPS) is 13.4. The molecule has 1 aromatic heterocycles. The summed E-state index contributed by atoms with van der Waals surface area (Å²) in [6.45, 7) is 4.21. The van der Waals surface area contributed by atoms with E-state index < -0.39 is 6.10 Å². The third-order valence-corrected chi connectivity index (χ3v) is 3.26. The number of ether oxygens (including phenoxy) is 1. The van der Waals surface area contributed by atoms with Crippen LogP contribution in [0.3, 0.4) is 0 Å². The fourth-order valence-corrected chi connectivity index (χ4v) is 2.23. The van der Waals surface area contributed by atoms with Crippen molar-refractivity contribution in [2.24, 2.45) is 0 Å². The first-order valence-electron chi connectivity index (χ1n) is 7.36. The molecule has 0 saturated carbocycles. The summed E-state index contributed by atoms with van der Waals surface area (Å²) in [5.41, 5.74) is 0.490. The van der Waals surface area contributed by atoms with Crippen molar-refractivity contribution >= 4 is 5.91 Å². The van der Waals surface area contributed by atoms with Gasteiger partial charge in [0.25, 0.3) is 5.91 Å². The van der Waals surface area contributed by atoms with Crippen molar-refractivity contribution in [2.45, 2.75) is 32.4 Å². The van der Waals surface area contributed by atoms with Gasteiger partial charge in [0.05, 0.1) is 18.4 Å². The molecule has 0 saturated heterocycles. The molecule has 0 aliphatic carbocycles. The average molecular weight is 303 g/mol. The molecule has 1 aromatic carbocycles. The van der Waals surface area contributed by atoms with E-state index >= 15 is 0 Å². The zero-order valence-corrected chi connectivity index (χ0v) is 12.8. The van der Waals surface area contributed by atoms with Gasteiger partial charge in [0.1, 0.15) is 17.6 Å². The van der Waals surface area contributed by atoms with Crippen molar-refractivity contribution in [2.75, 3.05) is 6.61 Å². The second kappa shape index (κ2) is 7.66. The van der Waals surface area contributed by atoms with Gasteiger partial charge >= 0.3 is 0 Å². The van der Waals surface area contributed by atoms with E-state index in [9.17, 15) is 9.90 Å². The zero-order chi connectivity index (χ0) is 15.9. The van der Waals surface area contributed by atoms with Gasteiger partial charge in [-0.3, -0.25) is 4.79 Å². The van der Waals surface area contributed by atoms with E-state index in [-0.39, 0.29) is 11.9 Å². The lowest BCUT2D eigenvalue weighted by molar-refractivity contribution is 0.0899. The third-order valence-electron chi connectivity index (χ3n) is 3.26. The number of hydrogen-bond donors (Lipinski definition) is 2. The Hall–Kier alpha value is -2.27. The van der Waals surface area contributed by atoms with Crippen LogP contribution in [0.4, 0.5) is 0 Å². The molecule has 118 valence electrons. The molecule has 5 nitrogen and oxygen atoms in total. The molecule has 2 rings (SSSR count). The van der Waals surface area contributed by atoms with Crippen LogP contribution in [-0.2, 0) is 0 Å². The van der Waals surface area contributed by atoms with Crippen LogP contribution in [0.25, 0.3) is 0 Å². The van der Waals surface area contributed by atoms with Crippen LogP contribution in [0, 0.1) is 0 Å². The minimum atomic E-state index is -0.743. The molecule has 0 radical (unpaired) electrons. The van der Waals surface area contributed by atoms with Gasteiger partial charge in [-0.2, -0.15) is 0 Å². The second-order valence-corrected chi connectivity index (χ2v) is 5.07. The van der Waals surface area contributed by atoms with E-state index in [2.05, 4.69) is 5.32 Å². The smallest absolute Gasteiger partial charge is 0.255 e. The highest BCUT2D eigenvalue weighted by Crippen LogP contribution is 2.20. The molecule has 0 fully saturated rings. The molecule has 0 aliphatic heterocycles. The first kappa shape index (κ1) is 16.1. The predicted molar refractivity (Wildman–Crippen MR) is 82.8 cm³/mol. The van der Waals surface area contributed by atoms with Crippen molar-refractivity contribution in [3.05, 3.63) is 54.0 Å². The summed E-state index contributed by atoms with van der Waals surface area (Å²) in [5.74, 6) is 0.834. The number of benzene rings is 1. The Kier molecular flexibility index (Phi) is 5.61. The van der Waals surface area contributed by atoms with Crippen molar-refractivity contribution in [1.82, 2.24) is 5.32 Å². The maximum atomic E-state index is 12.3. The first-order valence-corrected chi connectivity index (χ1v) is 7.36. The molecule has 2 N–H and O–H groups in total. The zero-order valence-electron chi connectivity index (χ0n) is 12.8. The SMILES string of the molecule is CCOc1ccccc1C(=O)N[C@@H](C)C[C@@H](O)c1ccco1. The largest absolute Gasteiger partial charge is 0.493 e. The number of hydrogen-bond acceptors (Lipinski definition) is 4. The lowest BCUT2D eigenvalue weighted by Gasteiger charge is -2.17. The van der Waals surface area contributed by atoms with Crippen LogP contribution in [-0.4, -0.2) is 23.7 Å². The number of aliphatic hydroxyl groups is 1. The van der Waals surface area contributed by atoms with Crippen LogP contribution >= 0.6 is 0 Å². The van der Waals surface area contributed by atoms with E-state index in [1.807, 2.05) is 19.9 Å². The molecule has 22 heavy (non-hydrogen) atoms. The summed E-state index contributed by atoms with van der Waals surface area (Å²) in [6.07, 6.45) is 1.14. The minimum Gasteiger partial charge on any atom is -0.493 e. The van der Waals surface area contributed by atoms with Crippen LogP contribution < -0.4 is 10.1 Å². The summed E-state index contributed by atoms with van der Waals surface area (Å²) in [7, 11) is 0. The molecule has 5 heteroatoms. The van der Waals surface area contributed by atoms with Crippen LogP contribution in [0.15, 0.2) is 47.1 Å². The Morgan fingerprint density at radius 1 is 1.32 bits per heavy atom. The fourth-order valence-electron chi connectivity index (χ4n) is 2.23. The Morgan fingerprint density at radius 3 is 2.77 bits per heavy atom. The van der Waals surface area contributed by atoms with Gasteiger partial charge in [-0.05, 0) is 38.1 Å². The quantitative estimate of drug-likeness (QED) is 0.825. The van der Waals surface area contributed by atoms with Gasteiger partial charge in [0, 0.05) is 12.5 Å². The van der Waals surface area contributed by atoms with Crippen LogP contribution in [0.5, 0.6) is 5.75 Å². The maximum Gasteiger partial charge on any atom is 0.255 e. The molecule has 1 heterocycles. The van der Waals surface area contributed by atoms with Gasteiger partial charge in [0.15, 0.2) is 0 Å². The molecule has 2 atom stereocenters. The maximum absolute atomic E-state index is 12.3. The summed E-state index contributed by atoms with van der Waals surface area (Å²) in [4.78, 5) is 12.3. The predicted octanol–water partition coefficient (Wildman–Crippen LogP) is 2.92. The van der Waals surface area contributed by atoms with E-state index in [1.54, 1.807) is 30.3 Å². The Bertz CT molecular complexity index is 594. The average Bonchev–Trinajstić information content (AvgIpc) is 3.02. The monoisotopic (exact) mass is 303 g/mol. The highest BCUT2D eigenvalue weighted by molar-refractivity contribution is 5.97. The fraction of sp³-hybridized carbons (Fsp3) is 0.353. The number of para-hydroxylation sites is 1. The first-order chi connectivity index (χ1) is 10.6. The summed E-state index contributed by atoms with van der Waals surface area (Å²) >= 11 is 0. The lowest BCUT2D eigenvalue weighted by Crippen LogP contribution is -2.34. The summed E-state index contributed by atoms with van der Waals surface area (Å²) in [6, 6.07) is 10.3. The Labute approximate surface area is 129 Å². The van der Waals surface area contributed by atoms with Gasteiger partial charge < -0.3 is 19.6 Å². The molecular weight excluding hydrogens is 282 g/mol. The number of amides is 1. The van der Waals surface area contributed by atoms with Gasteiger partial charge in [-0.25, -0.2) is 0 Å². The minimum absolute atomic E-state index is 0.206. The Balaban J connectivity index is 1.96. The molecule has 0 bridgehead atoms. The standard InChI is InChI=1S/C17H21NO4/c1-3-21-15-8-5-4-7-13(15)17(20)18-12(2)11-14(19)16-9-6-10-22-16/h4-10,12,14,19H,3,11H2,1-2H3,(H,18,20)/t12-,14+/m0/s1. The van der Waals surface area contributed by atoms with Gasteiger partial charge in [0.2, 0.25) is 0 Å². The number of aliphatic hydroxyl groups excluding tert-OH is 1. The summed E-state index contributed by atoms with van der Waals surface area (Å²) < 4.78 is 10.6. The molecular formula is C17H21NO4. The molecule has 0 unspecified atom stereocenters. The van der Waals surface area contributed by atoms with Crippen molar-refractivity contribution in [3.8, 4) is 5.75 Å². The van der Waals surface area contributed by atoms with Crippen LogP contribution in [0.2, 0.25) is 0 Å². The molecule has 1 amide bonds. The highest BCUT2D eigenvalue weighted by atomic mass is 16.5. The van der Waals surface area contributed by atoms with E-state index in [0.717, 1.165) is 0 Å². The van der Waals surface area contributed by atoms with E-state index in [4.69, 9.17) is 9.15 Å². The van der Waals surface area contributed by atoms with E-state index in [1.165, 1.54) is 6.26 Å². The molecule has 0 spiro atoms. The van der Waals surface area contributed by atoms with Crippen LogP contribution in [0.1, 0.15) is 42.5 Å². The number of nitrogens with one attached hydrogen (secondary N) is 1. The van der Waals surface area contributed by atoms with E-state index in [0.29, 0.717) is 30.1 Å². The number of rotatable bonds is 7. The topological polar surface area (TPSA) is 71.7 Å². The Morgan fingerprint density at radius 2 is 2.09 bits per heavy atom. The number of carbonyl (C=O) groups is 1. The molecule has 2 aromatic rings. The van der Waals surface area contributed by atoms with Gasteiger partial charge in [-0.1, -0.05) is 12.1 Å². The van der Waals surface area contributed by atoms with Crippen molar-refractivity contribution in [3.63, 3.8) is 0 Å². The number of carbonyl (C=O) groups excluding carboxylic acids is 1. The summed E-state index contributed by atoms with van der Waals surface area (Å²) in [5, 5.41) is 12.9. The lowest BCUT2D eigenvalue weighted by atomic mass is 10.1. The highest BCUT2D eigenvalue weighted by Gasteiger charge is 2.18. The third kappa shape index (κ3) is 4.11. The number of furan rings is 1. The van der Waals surface area contributed by atoms with Crippen molar-refractivity contribution < 1.29 is 19.1 Å². The molecule has 0 aliphatic rings. The second-order valence-electron chi connectivity index (χ2n) is 5.07. The van der Waals surface area contributed by atoms with Crippen molar-refractivity contribution in [1.29, 1.82) is 0 Å². The van der Waals surface area contributed by atoms with Gasteiger partial charge in [-0.15, -0.1) is 0 Å².